The van der Waals surface area contributed by atoms with Gasteiger partial charge in [0, 0.05) is 23.6 Å². The van der Waals surface area contributed by atoms with E-state index in [0.29, 0.717) is 41.5 Å². The van der Waals surface area contributed by atoms with Gasteiger partial charge >= 0.3 is 0 Å². The molecule has 0 unspecified atom stereocenters. The predicted molar refractivity (Wildman–Crippen MR) is 126 cm³/mol. The minimum atomic E-state index is -0.480. The molecule has 3 aromatic rings. The molecule has 2 heterocycles. The Morgan fingerprint density at radius 1 is 1.00 bits per heavy atom. The summed E-state index contributed by atoms with van der Waals surface area (Å²) in [6.07, 6.45) is 1.17. The normalized spacial score (nSPS) is 18.9. The Hall–Kier alpha value is -3.74. The van der Waals surface area contributed by atoms with Crippen molar-refractivity contribution in [1.82, 2.24) is 10.2 Å². The summed E-state index contributed by atoms with van der Waals surface area (Å²) in [5, 5.41) is 8.89. The zero-order chi connectivity index (χ0) is 23.2. The van der Waals surface area contributed by atoms with Crippen LogP contribution >= 0.6 is 0 Å². The average Bonchev–Trinajstić information content (AvgIpc) is 3.16. The number of ether oxygens (including phenoxy) is 2. The van der Waals surface area contributed by atoms with E-state index < -0.39 is 5.92 Å². The fourth-order valence-electron chi connectivity index (χ4n) is 4.87. The maximum atomic E-state index is 13.3. The molecule has 0 amide bonds. The van der Waals surface area contributed by atoms with Crippen molar-refractivity contribution in [2.75, 3.05) is 12.4 Å². The van der Waals surface area contributed by atoms with Gasteiger partial charge in [0.2, 0.25) is 0 Å². The number of H-pyrrole nitrogens is 2. The molecule has 2 aliphatic rings. The second-order valence-corrected chi connectivity index (χ2v) is 9.44. The Morgan fingerprint density at radius 3 is 2.55 bits per heavy atom. The quantitative estimate of drug-likeness (QED) is 0.538. The number of aromatic amines is 2. The van der Waals surface area contributed by atoms with Gasteiger partial charge in [0.15, 0.2) is 17.3 Å². The summed E-state index contributed by atoms with van der Waals surface area (Å²) < 4.78 is 11.6. The van der Waals surface area contributed by atoms with E-state index in [1.54, 1.807) is 7.11 Å². The number of aromatic nitrogens is 2. The van der Waals surface area contributed by atoms with Crippen LogP contribution in [0.2, 0.25) is 0 Å². The Bertz CT molecular complexity index is 1300. The number of anilines is 1. The fourth-order valence-corrected chi connectivity index (χ4v) is 4.87. The molecule has 5 rings (SSSR count). The molecule has 2 aromatic carbocycles. The Morgan fingerprint density at radius 2 is 1.79 bits per heavy atom. The van der Waals surface area contributed by atoms with E-state index >= 15 is 0 Å². The summed E-state index contributed by atoms with van der Waals surface area (Å²) >= 11 is 0. The number of benzene rings is 2. The lowest BCUT2D eigenvalue weighted by Gasteiger charge is -2.38. The average molecular weight is 446 g/mol. The van der Waals surface area contributed by atoms with Crippen molar-refractivity contribution < 1.29 is 14.3 Å². The van der Waals surface area contributed by atoms with Crippen molar-refractivity contribution in [1.29, 1.82) is 0 Å². The molecule has 1 aliphatic heterocycles. The van der Waals surface area contributed by atoms with Crippen molar-refractivity contribution >= 4 is 11.6 Å². The molecular weight excluding hydrogens is 418 g/mol. The molecular formula is C26H27N3O4. The molecule has 7 nitrogen and oxygen atoms in total. The molecule has 33 heavy (non-hydrogen) atoms. The summed E-state index contributed by atoms with van der Waals surface area (Å²) in [5.74, 6) is 1.35. The number of ketones is 1. The topological polar surface area (TPSA) is 96.2 Å². The molecule has 0 radical (unpaired) electrons. The highest BCUT2D eigenvalue weighted by atomic mass is 16.5. The summed E-state index contributed by atoms with van der Waals surface area (Å²) in [6, 6.07) is 15.5. The second kappa shape index (κ2) is 7.99. The third kappa shape index (κ3) is 3.84. The van der Waals surface area contributed by atoms with Crippen molar-refractivity contribution in [2.45, 2.75) is 39.2 Å². The molecule has 0 bridgehead atoms. The number of carbonyl (C=O) groups is 1. The van der Waals surface area contributed by atoms with E-state index in [1.165, 1.54) is 0 Å². The molecule has 170 valence electrons. The second-order valence-electron chi connectivity index (χ2n) is 9.44. The van der Waals surface area contributed by atoms with Gasteiger partial charge in [0.05, 0.1) is 12.7 Å². The van der Waals surface area contributed by atoms with Crippen LogP contribution < -0.4 is 20.3 Å². The zero-order valence-corrected chi connectivity index (χ0v) is 19.0. The zero-order valence-electron chi connectivity index (χ0n) is 19.0. The van der Waals surface area contributed by atoms with Crippen LogP contribution in [0.15, 0.2) is 64.6 Å². The van der Waals surface area contributed by atoms with Gasteiger partial charge in [-0.15, -0.1) is 0 Å². The smallest absolute Gasteiger partial charge is 0.270 e. The first-order valence-electron chi connectivity index (χ1n) is 11.0. The fraction of sp³-hybridized carbons (Fsp3) is 0.308. The van der Waals surface area contributed by atoms with Crippen molar-refractivity contribution in [3.63, 3.8) is 0 Å². The lowest BCUT2D eigenvalue weighted by molar-refractivity contribution is -0.118. The molecule has 0 spiro atoms. The number of hydrogen-bond acceptors (Lipinski definition) is 5. The van der Waals surface area contributed by atoms with Crippen LogP contribution in [-0.4, -0.2) is 23.1 Å². The summed E-state index contributed by atoms with van der Waals surface area (Å²) in [7, 11) is 1.59. The van der Waals surface area contributed by atoms with Gasteiger partial charge in [0.25, 0.3) is 5.56 Å². The Kier molecular flexibility index (Phi) is 5.12. The van der Waals surface area contributed by atoms with E-state index in [1.807, 2.05) is 48.5 Å². The van der Waals surface area contributed by atoms with Crippen LogP contribution in [0.5, 0.6) is 11.5 Å². The standard InChI is InChI=1S/C26H27N3O4/c1-26(2)12-17-22(18(30)13-26)21(23-24(27-17)28-29-25(23)31)16-9-10-19(20(11-16)32-3)33-14-15-7-5-4-6-8-15/h4-11,21H,12-14H2,1-3H3,(H3,27,28,29,31)/t21-/m1/s1. The van der Waals surface area contributed by atoms with E-state index in [0.717, 1.165) is 23.2 Å². The highest BCUT2D eigenvalue weighted by molar-refractivity contribution is 6.01. The van der Waals surface area contributed by atoms with Crippen molar-refractivity contribution in [2.24, 2.45) is 5.41 Å². The molecule has 1 aliphatic carbocycles. The maximum Gasteiger partial charge on any atom is 0.270 e. The number of hydrogen-bond donors (Lipinski definition) is 3. The highest BCUT2D eigenvalue weighted by Gasteiger charge is 2.42. The van der Waals surface area contributed by atoms with E-state index in [4.69, 9.17) is 9.47 Å². The minimum Gasteiger partial charge on any atom is -0.493 e. The minimum absolute atomic E-state index is 0.0633. The highest BCUT2D eigenvalue weighted by Crippen LogP contribution is 2.48. The largest absolute Gasteiger partial charge is 0.493 e. The van der Waals surface area contributed by atoms with E-state index in [9.17, 15) is 9.59 Å². The maximum absolute atomic E-state index is 13.3. The summed E-state index contributed by atoms with van der Waals surface area (Å²) in [5.41, 5.74) is 3.52. The molecule has 1 aromatic heterocycles. The first-order valence-corrected chi connectivity index (χ1v) is 11.0. The van der Waals surface area contributed by atoms with Gasteiger partial charge in [-0.3, -0.25) is 19.8 Å². The predicted octanol–water partition coefficient (Wildman–Crippen LogP) is 4.49. The monoisotopic (exact) mass is 445 g/mol. The van der Waals surface area contributed by atoms with Crippen LogP contribution in [0, 0.1) is 5.41 Å². The lowest BCUT2D eigenvalue weighted by Crippen LogP contribution is -2.35. The molecule has 7 heteroatoms. The molecule has 1 atom stereocenters. The van der Waals surface area contributed by atoms with Crippen LogP contribution in [0.4, 0.5) is 5.82 Å². The first-order chi connectivity index (χ1) is 15.9. The van der Waals surface area contributed by atoms with Crippen molar-refractivity contribution in [3.05, 3.63) is 86.8 Å². The third-order valence-electron chi connectivity index (χ3n) is 6.35. The SMILES string of the molecule is COc1cc([C@@H]2C3=C(CC(C)(C)CC3=O)Nc3[nH][nH]c(=O)c32)ccc1OCc1ccccc1. The number of allylic oxidation sites excluding steroid dienone is 2. The number of Topliss-reactive ketones (excluding diaryl/α,β-unsaturated/α-hetero) is 1. The van der Waals surface area contributed by atoms with Crippen LogP contribution in [0.25, 0.3) is 0 Å². The van der Waals surface area contributed by atoms with Crippen LogP contribution in [0.3, 0.4) is 0 Å². The van der Waals surface area contributed by atoms with Gasteiger partial charge in [-0.1, -0.05) is 50.2 Å². The van der Waals surface area contributed by atoms with Gasteiger partial charge in [-0.25, -0.2) is 0 Å². The number of methoxy groups -OCH3 is 1. The van der Waals surface area contributed by atoms with E-state index in [2.05, 4.69) is 29.4 Å². The van der Waals surface area contributed by atoms with Crippen LogP contribution in [-0.2, 0) is 11.4 Å². The number of rotatable bonds is 5. The molecule has 3 N–H and O–H groups in total. The number of nitrogens with one attached hydrogen (secondary N) is 3. The van der Waals surface area contributed by atoms with Gasteiger partial charge in [0.1, 0.15) is 12.4 Å². The van der Waals surface area contributed by atoms with Crippen LogP contribution in [0.1, 0.15) is 49.3 Å². The van der Waals surface area contributed by atoms with Gasteiger partial charge in [-0.2, -0.15) is 0 Å². The summed E-state index contributed by atoms with van der Waals surface area (Å²) in [6.45, 7) is 4.58. The van der Waals surface area contributed by atoms with Crippen molar-refractivity contribution in [3.8, 4) is 11.5 Å². The first kappa shape index (κ1) is 21.1. The van der Waals surface area contributed by atoms with E-state index in [-0.39, 0.29) is 16.8 Å². The molecule has 0 saturated heterocycles. The number of carbonyl (C=O) groups excluding carboxylic acids is 1. The summed E-state index contributed by atoms with van der Waals surface area (Å²) in [4.78, 5) is 26.0. The van der Waals surface area contributed by atoms with Gasteiger partial charge in [-0.05, 0) is 35.1 Å². The Balaban J connectivity index is 1.55. The molecule has 0 fully saturated rings. The number of fused-ring (bicyclic) bond motifs is 1. The Labute approximate surface area is 191 Å². The third-order valence-corrected chi connectivity index (χ3v) is 6.35. The van der Waals surface area contributed by atoms with Gasteiger partial charge < -0.3 is 14.8 Å². The lowest BCUT2D eigenvalue weighted by atomic mass is 9.69. The molecule has 0 saturated carbocycles.